The van der Waals surface area contributed by atoms with Crippen molar-refractivity contribution in [3.05, 3.63) is 243 Å². The van der Waals surface area contributed by atoms with Crippen LogP contribution >= 0.6 is 162 Å². The number of halogens is 10. The molecule has 7 aromatic carbocycles. The zero-order valence-electron chi connectivity index (χ0n) is 77.2. The quantitative estimate of drug-likeness (QED) is 0.0194. The molecule has 3 unspecified atom stereocenters. The van der Waals surface area contributed by atoms with E-state index in [4.69, 9.17) is 122 Å². The number of hydrogen-bond acceptors (Lipinski definition) is 28. The van der Waals surface area contributed by atoms with Gasteiger partial charge in [-0.25, -0.2) is 29.5 Å². The van der Waals surface area contributed by atoms with Gasteiger partial charge in [0, 0.05) is 137 Å². The van der Waals surface area contributed by atoms with Gasteiger partial charge in [0.1, 0.15) is 33.5 Å². The number of nitrogen functional groups attached to an aromatic ring is 1. The predicted octanol–water partition coefficient (Wildman–Crippen LogP) is 21.8. The van der Waals surface area contributed by atoms with Crippen LogP contribution in [-0.4, -0.2) is 208 Å². The highest BCUT2D eigenvalue weighted by Gasteiger charge is 2.41. The van der Waals surface area contributed by atoms with Crippen LogP contribution in [0.3, 0.4) is 0 Å². The number of ether oxygens (including phenoxy) is 5. The standard InChI is InChI=1S/C28H30Cl2N6O4.C23H22Cl2N6O2.C15H23N3O2.C14H11Cl2N3O2S.C12H9Cl2N3O2S.C2H4I2/c1-17-36(23-21(29)6-5-7-22(23)30)25(37)20-16-31-26(33-24(20)39-17)32-18-8-10-19(11-9-18)34-12-14-35(15-13-34)27(38)40-28(2,3)4;1-14-31(20-18(24)3-2-4-19(20)25)22(32)17-13-27-23(29-21(17)33-14)28-15-5-7-16(8-6-15)30-11-9-26-10-12-30;1-15(2,3)20-14(19)18-10-8-17(9-11-18)13-6-4-12(16)5-7-13;1-7-19(11-9(15)4-3-5-10(11)16)13(20)8-6-17-14(22-2)18-12(8)21-7;1-20-12-15-5-6(11(19)17-12)10(18)16-9-7(13)3-2-4-8(9)14;1-2(3)4/h5-11,16-17H,12-15H2,1-4H3,(H,31,32,33);2-8,13-14,26H,9-12H2,1H3,(H,27,28,29);4-7H,8-11,16H2,1-3H3;3-7H,1-2H3;2-5H,1H3,(H,16,18)(H,15,17,19);2H,1H3. The Labute approximate surface area is 879 Å². The number of aromatic amines is 1. The summed E-state index contributed by atoms with van der Waals surface area (Å²) in [6, 6.07) is 43.8. The molecule has 10 heterocycles. The Hall–Kier alpha value is -10.3. The summed E-state index contributed by atoms with van der Waals surface area (Å²) < 4.78 is 29.3. The first-order valence-corrected chi connectivity index (χ1v) is 51.3. The smallest absolute Gasteiger partial charge is 0.410 e. The van der Waals surface area contributed by atoms with Crippen molar-refractivity contribution in [1.82, 2.24) is 55.0 Å². The molecule has 0 aliphatic carbocycles. The Balaban J connectivity index is 0.000000159. The number of hydrogen-bond donors (Lipinski definition) is 6. The fourth-order valence-corrected chi connectivity index (χ4v) is 17.2. The van der Waals surface area contributed by atoms with Gasteiger partial charge in [0.2, 0.25) is 29.5 Å². The first-order chi connectivity index (χ1) is 66.1. The fraction of sp³-hybridized carbons (Fsp3) is 0.319. The minimum absolute atomic E-state index is 0.112. The van der Waals surface area contributed by atoms with Crippen molar-refractivity contribution in [3.8, 4) is 17.6 Å². The van der Waals surface area contributed by atoms with Crippen molar-refractivity contribution in [2.45, 2.75) is 111 Å². The zero-order valence-corrected chi connectivity index (χ0v) is 89.2. The summed E-state index contributed by atoms with van der Waals surface area (Å²) in [5.74, 6) is -0.309. The molecule has 139 heavy (non-hydrogen) atoms. The lowest BCUT2D eigenvalue weighted by molar-refractivity contribution is 0.0230. The number of para-hydroxylation sites is 4. The Kier molecular flexibility index (Phi) is 37.9. The van der Waals surface area contributed by atoms with E-state index in [-0.39, 0.29) is 85.5 Å². The largest absolute Gasteiger partial charge is 0.453 e. The van der Waals surface area contributed by atoms with Crippen LogP contribution in [0, 0.1) is 0 Å². The van der Waals surface area contributed by atoms with Crippen LogP contribution in [0.2, 0.25) is 40.2 Å². The summed E-state index contributed by atoms with van der Waals surface area (Å²) in [5.41, 5.74) is 12.0. The van der Waals surface area contributed by atoms with Gasteiger partial charge < -0.3 is 80.2 Å². The molecule has 4 aromatic heterocycles. The fourth-order valence-electron chi connectivity index (χ4n) is 14.3. The molecule has 6 amide bonds. The molecule has 6 aliphatic heterocycles. The van der Waals surface area contributed by atoms with Crippen LogP contribution in [-0.2, 0) is 9.47 Å². The Morgan fingerprint density at radius 2 is 0.791 bits per heavy atom. The number of nitrogens with two attached hydrogens (primary N) is 1. The molecular weight excluding hydrogens is 2220 g/mol. The summed E-state index contributed by atoms with van der Waals surface area (Å²) >= 11 is 56.9. The number of H-pyrrole nitrogens is 1. The van der Waals surface area contributed by atoms with Gasteiger partial charge in [-0.2, -0.15) is 15.0 Å². The molecule has 0 radical (unpaired) electrons. The van der Waals surface area contributed by atoms with E-state index < -0.39 is 41.4 Å². The molecule has 7 N–H and O–H groups in total. The highest BCUT2D eigenvalue weighted by molar-refractivity contribution is 14.2. The Bertz CT molecular complexity index is 6210. The lowest BCUT2D eigenvalue weighted by Crippen LogP contribution is -2.50. The lowest BCUT2D eigenvalue weighted by Gasteiger charge is -2.36. The number of nitrogens with zero attached hydrogens (tertiary/aromatic N) is 15. The second kappa shape index (κ2) is 48.9. The molecule has 45 heteroatoms. The SMILES string of the molecule is CC(C)(C)OC(=O)N1CCN(c2ccc(N)cc2)CC1.CC(I)I.CC1Oc2nc(Nc3ccc(N4CCN(C(=O)OC(C)(C)C)CC4)cc3)ncc2C(=O)N1c1c(Cl)cccc1Cl.CC1Oc2nc(Nc3ccc(N4CCNCC4)cc3)ncc2C(=O)N1c1c(Cl)cccc1Cl.CSc1ncc(C(=O)Nc2c(Cl)cccc2Cl)c(=O)[nH]1.CSc1ncc2c(n1)OC(C)N(c1c(Cl)cccc1Cl)C2=O. The number of benzene rings is 7. The summed E-state index contributed by atoms with van der Waals surface area (Å²) in [4.78, 5) is 134. The van der Waals surface area contributed by atoms with E-state index in [1.165, 1.54) is 68.7 Å². The highest BCUT2D eigenvalue weighted by Crippen LogP contribution is 2.44. The van der Waals surface area contributed by atoms with Gasteiger partial charge in [-0.1, -0.05) is 186 Å². The number of rotatable bonds is 14. The van der Waals surface area contributed by atoms with Crippen LogP contribution in [0.4, 0.5) is 78.4 Å². The van der Waals surface area contributed by atoms with Crippen molar-refractivity contribution in [1.29, 1.82) is 0 Å². The number of fused-ring (bicyclic) bond motifs is 3. The van der Waals surface area contributed by atoms with Gasteiger partial charge in [0.05, 0.1) is 64.9 Å². The van der Waals surface area contributed by atoms with E-state index in [2.05, 4.69) is 140 Å². The van der Waals surface area contributed by atoms with Gasteiger partial charge >= 0.3 is 12.2 Å². The summed E-state index contributed by atoms with van der Waals surface area (Å²) in [5, 5.41) is 15.9. The summed E-state index contributed by atoms with van der Waals surface area (Å²) in [6.07, 6.45) is 6.74. The van der Waals surface area contributed by atoms with Gasteiger partial charge in [-0.3, -0.25) is 38.7 Å². The van der Waals surface area contributed by atoms with Crippen molar-refractivity contribution in [3.63, 3.8) is 0 Å². The zero-order chi connectivity index (χ0) is 100. The van der Waals surface area contributed by atoms with E-state index in [9.17, 15) is 33.6 Å². The lowest BCUT2D eigenvalue weighted by atomic mass is 10.2. The Morgan fingerprint density at radius 3 is 1.13 bits per heavy atom. The molecule has 17 rings (SSSR count). The van der Waals surface area contributed by atoms with Crippen molar-refractivity contribution in [2.24, 2.45) is 0 Å². The number of nitrogens with one attached hydrogen (secondary N) is 5. The maximum Gasteiger partial charge on any atom is 0.410 e. The van der Waals surface area contributed by atoms with Crippen molar-refractivity contribution >= 4 is 266 Å². The number of carbonyl (C=O) groups is 6. The van der Waals surface area contributed by atoms with E-state index >= 15 is 0 Å². The van der Waals surface area contributed by atoms with E-state index in [0.717, 1.165) is 69.6 Å². The average Bonchev–Trinajstić information content (AvgIpc) is 0.768. The predicted molar refractivity (Wildman–Crippen MR) is 572 cm³/mol. The third kappa shape index (κ3) is 28.6. The molecule has 6 aliphatic rings. The van der Waals surface area contributed by atoms with E-state index in [1.807, 2.05) is 108 Å². The van der Waals surface area contributed by atoms with Crippen molar-refractivity contribution in [2.75, 3.05) is 142 Å². The summed E-state index contributed by atoms with van der Waals surface area (Å²) in [6.45, 7) is 28.1. The Morgan fingerprint density at radius 1 is 0.460 bits per heavy atom. The second-order valence-corrected chi connectivity index (χ2v) is 44.0. The molecule has 0 spiro atoms. The average molecular weight is 2320 g/mol. The number of amides is 6. The van der Waals surface area contributed by atoms with Crippen molar-refractivity contribution < 1.29 is 52.5 Å². The van der Waals surface area contributed by atoms with E-state index in [1.54, 1.807) is 110 Å². The molecule has 3 atom stereocenters. The van der Waals surface area contributed by atoms with Crippen LogP contribution in [0.1, 0.15) is 111 Å². The second-order valence-electron chi connectivity index (χ2n) is 33.1. The van der Waals surface area contributed by atoms with Gasteiger partial charge in [0.15, 0.2) is 29.0 Å². The van der Waals surface area contributed by atoms with Gasteiger partial charge in [0.25, 0.3) is 29.2 Å². The van der Waals surface area contributed by atoms with Gasteiger partial charge in [-0.15, -0.1) is 0 Å². The first-order valence-electron chi connectivity index (χ1n) is 43.3. The minimum atomic E-state index is -0.685. The third-order valence-electron chi connectivity index (χ3n) is 20.9. The topological polar surface area (TPSA) is 372 Å². The molecular formula is C94H99Cl8I2N21O12S2. The number of alkyl halides is 2. The molecule has 11 aromatic rings. The number of piperazine rings is 3. The number of thioether (sulfide) groups is 2. The number of carbonyl (C=O) groups excluding carboxylic acids is 6. The third-order valence-corrected chi connectivity index (χ3v) is 24.5. The molecule has 3 fully saturated rings. The minimum Gasteiger partial charge on any atom is -0.453 e. The van der Waals surface area contributed by atoms with Crippen LogP contribution in [0.5, 0.6) is 17.6 Å². The van der Waals surface area contributed by atoms with E-state index in [0.29, 0.717) is 109 Å². The summed E-state index contributed by atoms with van der Waals surface area (Å²) in [7, 11) is 0. The maximum absolute atomic E-state index is 13.3. The molecule has 734 valence electrons. The normalized spacial score (nSPS) is 16.1. The molecule has 33 nitrogen and oxygen atoms in total. The maximum atomic E-state index is 13.3. The first kappa shape index (κ1) is 108. The molecule has 3 saturated heterocycles. The van der Waals surface area contributed by atoms with Crippen LogP contribution in [0.25, 0.3) is 0 Å². The van der Waals surface area contributed by atoms with Crippen LogP contribution < -0.4 is 76.2 Å². The number of anilines is 12. The monoisotopic (exact) mass is 2310 g/mol. The number of aromatic nitrogens is 8. The van der Waals surface area contributed by atoms with Gasteiger partial charge in [-0.05, 0) is 203 Å². The van der Waals surface area contributed by atoms with Crippen LogP contribution in [0.15, 0.2) is 185 Å². The molecule has 0 bridgehead atoms. The molecule has 0 saturated carbocycles. The highest BCUT2D eigenvalue weighted by atomic mass is 127.